The van der Waals surface area contributed by atoms with Crippen molar-refractivity contribution in [3.63, 3.8) is 0 Å². The number of H-pyrrole nitrogens is 1. The zero-order valence-electron chi connectivity index (χ0n) is 24.0. The zero-order chi connectivity index (χ0) is 31.1. The van der Waals surface area contributed by atoms with E-state index in [1.165, 1.54) is 19.1 Å². The summed E-state index contributed by atoms with van der Waals surface area (Å²) < 4.78 is 52.0. The number of hydrogen-bond donors (Lipinski definition) is 4. The standard InChI is InChI=1S/C25H33FN3O10P.C2H6/c1-16(20(31)37-17-9-5-3-6-10-17)28-40(35,39-18-11-7-4-8-12-18)36-15-25(26)21(32)24(2,34)22(38-25)29-14-13-19(30)27-23(29)33;1-2/h4,7-8,11-14,16-17,21-22,32,34H,3,5-6,9-10,15H2,1-2H3,(H,28,35)(H,27,30,33);1-2H3/t16?,21-,22?,24+,25+,40?;/m0./s1. The highest BCUT2D eigenvalue weighted by Crippen LogP contribution is 2.50. The van der Waals surface area contributed by atoms with E-state index in [9.17, 15) is 29.2 Å². The van der Waals surface area contributed by atoms with Gasteiger partial charge in [0.05, 0.1) is 0 Å². The summed E-state index contributed by atoms with van der Waals surface area (Å²) in [6.45, 7) is 5.15. The highest BCUT2D eigenvalue weighted by Gasteiger charge is 2.63. The number of rotatable bonds is 10. The van der Waals surface area contributed by atoms with Gasteiger partial charge in [-0.25, -0.2) is 13.8 Å². The molecule has 42 heavy (non-hydrogen) atoms. The molecule has 234 valence electrons. The van der Waals surface area contributed by atoms with Crippen LogP contribution >= 0.6 is 7.75 Å². The number of carbonyl (C=O) groups is 1. The summed E-state index contributed by atoms with van der Waals surface area (Å²) in [5.41, 5.74) is -4.16. The number of halogens is 1. The van der Waals surface area contributed by atoms with Crippen molar-refractivity contribution >= 4 is 13.7 Å². The molecule has 13 nitrogen and oxygen atoms in total. The average Bonchev–Trinajstić information content (AvgIpc) is 3.14. The molecule has 1 saturated heterocycles. The molecule has 1 aromatic carbocycles. The van der Waals surface area contributed by atoms with Crippen LogP contribution in [0.15, 0.2) is 52.2 Å². The quantitative estimate of drug-likeness (QED) is 0.228. The number of para-hydroxylation sites is 1. The van der Waals surface area contributed by atoms with Crippen LogP contribution < -0.4 is 20.9 Å². The van der Waals surface area contributed by atoms with Crippen LogP contribution in [0.3, 0.4) is 0 Å². The van der Waals surface area contributed by atoms with Crippen molar-refractivity contribution < 1.29 is 42.5 Å². The van der Waals surface area contributed by atoms with Gasteiger partial charge in [-0.15, -0.1) is 0 Å². The normalized spacial score (nSPS) is 28.2. The molecule has 1 aliphatic carbocycles. The fraction of sp³-hybridized carbons (Fsp3) is 0.593. The van der Waals surface area contributed by atoms with Crippen LogP contribution in [0.25, 0.3) is 0 Å². The molecule has 0 radical (unpaired) electrons. The van der Waals surface area contributed by atoms with Gasteiger partial charge in [0.2, 0.25) is 0 Å². The molecular formula is C27H39FN3O10P. The van der Waals surface area contributed by atoms with Crippen LogP contribution in [0.5, 0.6) is 5.75 Å². The van der Waals surface area contributed by atoms with E-state index in [0.717, 1.165) is 38.4 Å². The molecule has 1 saturated carbocycles. The van der Waals surface area contributed by atoms with Crippen LogP contribution in [0.4, 0.5) is 4.39 Å². The van der Waals surface area contributed by atoms with Crippen molar-refractivity contribution in [3.8, 4) is 5.75 Å². The van der Waals surface area contributed by atoms with Crippen molar-refractivity contribution in [1.29, 1.82) is 0 Å². The van der Waals surface area contributed by atoms with Gasteiger partial charge in [0.25, 0.3) is 11.4 Å². The molecule has 0 spiro atoms. The van der Waals surface area contributed by atoms with Crippen molar-refractivity contribution in [2.45, 2.75) is 95.7 Å². The second-order valence-electron chi connectivity index (χ2n) is 10.1. The van der Waals surface area contributed by atoms with E-state index in [2.05, 4.69) is 5.09 Å². The first-order chi connectivity index (χ1) is 19.8. The number of aliphatic hydroxyl groups is 2. The first kappa shape index (κ1) is 33.6. The largest absolute Gasteiger partial charge is 0.461 e. The van der Waals surface area contributed by atoms with Gasteiger partial charge in [0, 0.05) is 12.3 Å². The lowest BCUT2D eigenvalue weighted by atomic mass is 9.95. The number of carbonyl (C=O) groups excluding carboxylic acids is 1. The third-order valence-corrected chi connectivity index (χ3v) is 8.44. The highest BCUT2D eigenvalue weighted by molar-refractivity contribution is 7.52. The summed E-state index contributed by atoms with van der Waals surface area (Å²) in [6.07, 6.45) is 0.925. The van der Waals surface area contributed by atoms with Gasteiger partial charge >= 0.3 is 19.4 Å². The Morgan fingerprint density at radius 3 is 2.48 bits per heavy atom. The number of nitrogens with one attached hydrogen (secondary N) is 2. The topological polar surface area (TPSA) is 178 Å². The van der Waals surface area contributed by atoms with Gasteiger partial charge in [-0.1, -0.05) is 38.5 Å². The predicted octanol–water partition coefficient (Wildman–Crippen LogP) is 2.93. The van der Waals surface area contributed by atoms with Crippen molar-refractivity contribution in [2.24, 2.45) is 0 Å². The van der Waals surface area contributed by atoms with Crippen molar-refractivity contribution in [2.75, 3.05) is 6.61 Å². The number of ether oxygens (including phenoxy) is 2. The van der Waals surface area contributed by atoms with Crippen LogP contribution in [0, 0.1) is 0 Å². The molecular weight excluding hydrogens is 576 g/mol. The van der Waals surface area contributed by atoms with Gasteiger partial charge in [-0.2, -0.15) is 5.09 Å². The molecule has 3 unspecified atom stereocenters. The molecule has 4 rings (SSSR count). The summed E-state index contributed by atoms with van der Waals surface area (Å²) in [4.78, 5) is 38.3. The number of aliphatic hydroxyl groups excluding tert-OH is 1. The lowest BCUT2D eigenvalue weighted by molar-refractivity contribution is -0.204. The highest BCUT2D eigenvalue weighted by atomic mass is 31.2. The van der Waals surface area contributed by atoms with Crippen LogP contribution in [-0.2, 0) is 23.4 Å². The third-order valence-electron chi connectivity index (χ3n) is 6.81. The summed E-state index contributed by atoms with van der Waals surface area (Å²) >= 11 is 0. The Labute approximate surface area is 242 Å². The van der Waals surface area contributed by atoms with E-state index in [0.29, 0.717) is 17.4 Å². The molecule has 2 aromatic rings. The number of esters is 1. The molecule has 4 N–H and O–H groups in total. The Hall–Kier alpha value is -2.87. The number of benzene rings is 1. The summed E-state index contributed by atoms with van der Waals surface area (Å²) in [6, 6.07) is 7.51. The Morgan fingerprint density at radius 1 is 1.21 bits per heavy atom. The second-order valence-corrected chi connectivity index (χ2v) is 11.8. The fourth-order valence-electron chi connectivity index (χ4n) is 4.63. The third kappa shape index (κ3) is 7.94. The smallest absolute Gasteiger partial charge is 0.459 e. The number of hydrogen-bond acceptors (Lipinski definition) is 10. The summed E-state index contributed by atoms with van der Waals surface area (Å²) in [5.74, 6) is -3.84. The van der Waals surface area contributed by atoms with Gasteiger partial charge in [0.1, 0.15) is 36.2 Å². The molecule has 2 aliphatic rings. The first-order valence-corrected chi connectivity index (χ1v) is 15.4. The predicted molar refractivity (Wildman–Crippen MR) is 149 cm³/mol. The number of aromatic amines is 1. The number of alkyl halides is 1. The Kier molecular flexibility index (Phi) is 11.3. The lowest BCUT2D eigenvalue weighted by Gasteiger charge is -2.29. The van der Waals surface area contributed by atoms with Crippen LogP contribution in [-0.4, -0.2) is 62.0 Å². The molecule has 0 bridgehead atoms. The van der Waals surface area contributed by atoms with E-state index in [-0.39, 0.29) is 11.9 Å². The van der Waals surface area contributed by atoms with E-state index < -0.39 is 61.4 Å². The summed E-state index contributed by atoms with van der Waals surface area (Å²) in [5, 5.41) is 23.9. The van der Waals surface area contributed by atoms with Gasteiger partial charge in [-0.3, -0.25) is 23.7 Å². The number of aromatic nitrogens is 2. The SMILES string of the molecule is CC.CC(NP(=O)(OC[C@@]1(F)OC(n2ccc(=O)[nH]c2=O)[C@](C)(O)[C@@H]1O)Oc1ccccc1)C(=O)OC1CCCCC1. The van der Waals surface area contributed by atoms with Crippen LogP contribution in [0.1, 0.15) is 66.0 Å². The van der Waals surface area contributed by atoms with Gasteiger partial charge < -0.3 is 24.2 Å². The maximum atomic E-state index is 16.0. The molecule has 15 heteroatoms. The molecule has 2 fully saturated rings. The Bertz CT molecular complexity index is 1350. The van der Waals surface area contributed by atoms with Gasteiger partial charge in [-0.05, 0) is 51.7 Å². The Balaban J connectivity index is 0.00000237. The molecule has 6 atom stereocenters. The van der Waals surface area contributed by atoms with E-state index >= 15 is 4.39 Å². The lowest BCUT2D eigenvalue weighted by Crippen LogP contribution is -2.50. The molecule has 1 aromatic heterocycles. The molecule has 2 heterocycles. The van der Waals surface area contributed by atoms with Gasteiger partial charge in [0.15, 0.2) is 6.23 Å². The molecule has 0 amide bonds. The van der Waals surface area contributed by atoms with Crippen molar-refractivity contribution in [3.05, 3.63) is 63.4 Å². The maximum absolute atomic E-state index is 16.0. The maximum Gasteiger partial charge on any atom is 0.459 e. The molecule has 1 aliphatic heterocycles. The van der Waals surface area contributed by atoms with Crippen LogP contribution in [0.2, 0.25) is 0 Å². The first-order valence-electron chi connectivity index (χ1n) is 13.9. The number of nitrogens with zero attached hydrogens (tertiary/aromatic N) is 1. The second kappa shape index (κ2) is 14.1. The van der Waals surface area contributed by atoms with E-state index in [4.69, 9.17) is 18.5 Å². The fourth-order valence-corrected chi connectivity index (χ4v) is 6.13. The summed E-state index contributed by atoms with van der Waals surface area (Å²) in [7, 11) is -4.56. The van der Waals surface area contributed by atoms with E-state index in [1.54, 1.807) is 18.2 Å². The van der Waals surface area contributed by atoms with Crippen molar-refractivity contribution in [1.82, 2.24) is 14.6 Å². The minimum absolute atomic E-state index is 0.0663. The zero-order valence-corrected chi connectivity index (χ0v) is 24.9. The van der Waals surface area contributed by atoms with E-state index in [1.807, 2.05) is 18.8 Å². The monoisotopic (exact) mass is 615 g/mol. The minimum atomic E-state index is -4.56. The minimum Gasteiger partial charge on any atom is -0.461 e. The Morgan fingerprint density at radius 2 is 1.86 bits per heavy atom. The average molecular weight is 616 g/mol.